The summed E-state index contributed by atoms with van der Waals surface area (Å²) in [6.45, 7) is 1.54. The Morgan fingerprint density at radius 3 is 1.60 bits per heavy atom. The lowest BCUT2D eigenvalue weighted by atomic mass is 10.5. The van der Waals surface area contributed by atoms with Crippen LogP contribution in [0.1, 0.15) is 0 Å². The molecule has 1 unspecified atom stereocenters. The summed E-state index contributed by atoms with van der Waals surface area (Å²) in [7, 11) is -1.77. The van der Waals surface area contributed by atoms with Gasteiger partial charge < -0.3 is 4.57 Å². The number of rotatable bonds is 0. The smallest absolute Gasteiger partial charge is 0.141 e. The maximum atomic E-state index is 10.5. The number of hydrogen-bond donors (Lipinski definition) is 0. The largest absolute Gasteiger partial charge is 0.314 e. The Labute approximate surface area is 90.8 Å². The monoisotopic (exact) mass is 208 g/mol. The fourth-order valence-corrected chi connectivity index (χ4v) is 0.613. The second-order valence-corrected chi connectivity index (χ2v) is 3.31. The van der Waals surface area contributed by atoms with Crippen LogP contribution in [0, 0.1) is 71.3 Å². The number of hydrogen-bond acceptors (Lipinski definition) is 1. The summed E-state index contributed by atoms with van der Waals surface area (Å²) in [4.78, 5) is 0. The topological polar surface area (TPSA) is 17.1 Å². The molecule has 68 valence electrons. The third kappa shape index (κ3) is 11.6. The van der Waals surface area contributed by atoms with Crippen molar-refractivity contribution in [3.05, 3.63) is 0 Å². The quantitative estimate of drug-likeness (QED) is 0.425. The van der Waals surface area contributed by atoms with E-state index in [1.165, 1.54) is 0 Å². The maximum Gasteiger partial charge on any atom is 0.141 e. The van der Waals surface area contributed by atoms with Crippen molar-refractivity contribution in [1.82, 2.24) is 0 Å². The van der Waals surface area contributed by atoms with Crippen molar-refractivity contribution in [3.8, 4) is 71.3 Å². The van der Waals surface area contributed by atoms with Crippen molar-refractivity contribution in [2.24, 2.45) is 0 Å². The Hall–Kier alpha value is -2.41. The Bertz CT molecular complexity index is 591. The zero-order valence-electron chi connectivity index (χ0n) is 7.99. The first kappa shape index (κ1) is 12.6. The first-order valence-electron chi connectivity index (χ1n) is 3.74. The van der Waals surface area contributed by atoms with Crippen LogP contribution in [-0.4, -0.2) is 6.66 Å². The molecule has 15 heavy (non-hydrogen) atoms. The van der Waals surface area contributed by atoms with Crippen molar-refractivity contribution in [2.75, 3.05) is 6.66 Å². The lowest BCUT2D eigenvalue weighted by Crippen LogP contribution is -1.54. The molecular weight excluding hydrogens is 203 g/mol. The summed E-state index contributed by atoms with van der Waals surface area (Å²) in [6, 6.07) is 0. The van der Waals surface area contributed by atoms with E-state index in [0.717, 1.165) is 0 Å². The van der Waals surface area contributed by atoms with Gasteiger partial charge in [0.15, 0.2) is 0 Å². The molecule has 0 aliphatic rings. The van der Waals surface area contributed by atoms with Crippen LogP contribution in [0.25, 0.3) is 0 Å². The maximum absolute atomic E-state index is 10.5. The van der Waals surface area contributed by atoms with Gasteiger partial charge in [0.05, 0.1) is 0 Å². The van der Waals surface area contributed by atoms with Crippen LogP contribution in [0.15, 0.2) is 0 Å². The Kier molecular flexibility index (Phi) is 8.12. The standard InChI is InChI=1S/C13H5OP/c1-3-4-5-6-7-8-9-10-11-12-13-15(2)14/h1,15H,2H3. The van der Waals surface area contributed by atoms with Gasteiger partial charge in [-0.05, 0) is 71.5 Å². The van der Waals surface area contributed by atoms with E-state index >= 15 is 0 Å². The second kappa shape index (κ2) is 9.68. The van der Waals surface area contributed by atoms with E-state index in [9.17, 15) is 4.57 Å². The molecule has 2 heteroatoms. The van der Waals surface area contributed by atoms with Crippen molar-refractivity contribution >= 4 is 7.80 Å². The molecule has 0 rings (SSSR count). The van der Waals surface area contributed by atoms with E-state index < -0.39 is 7.80 Å². The average molecular weight is 208 g/mol. The molecule has 0 saturated heterocycles. The average Bonchev–Trinajstić information content (AvgIpc) is 2.20. The molecule has 0 amide bonds. The first-order chi connectivity index (χ1) is 7.27. The van der Waals surface area contributed by atoms with E-state index in [-0.39, 0.29) is 0 Å². The number of terminal acetylenes is 1. The molecule has 0 aliphatic carbocycles. The summed E-state index contributed by atoms with van der Waals surface area (Å²) < 4.78 is 10.5. The molecule has 0 fully saturated rings. The molecular formula is C13H5OP. The van der Waals surface area contributed by atoms with E-state index in [0.29, 0.717) is 0 Å². The predicted molar refractivity (Wildman–Crippen MR) is 62.6 cm³/mol. The van der Waals surface area contributed by atoms with Crippen LogP contribution in [0.2, 0.25) is 0 Å². The molecule has 0 aromatic rings. The summed E-state index contributed by atoms with van der Waals surface area (Å²) >= 11 is 0. The van der Waals surface area contributed by atoms with Gasteiger partial charge in [-0.25, -0.2) is 0 Å². The molecule has 0 aliphatic heterocycles. The first-order valence-corrected chi connectivity index (χ1v) is 5.65. The van der Waals surface area contributed by atoms with Crippen LogP contribution in [0.5, 0.6) is 0 Å². The lowest BCUT2D eigenvalue weighted by molar-refractivity contribution is 0.597. The SMILES string of the molecule is C#CC#CC#CC#CC#CC#C[PH](C)=O. The molecule has 0 radical (unpaired) electrons. The van der Waals surface area contributed by atoms with Crippen molar-refractivity contribution in [3.63, 3.8) is 0 Å². The molecule has 1 atom stereocenters. The Morgan fingerprint density at radius 2 is 1.20 bits per heavy atom. The molecule has 0 saturated carbocycles. The van der Waals surface area contributed by atoms with Crippen molar-refractivity contribution in [1.29, 1.82) is 0 Å². The molecule has 0 aromatic carbocycles. The van der Waals surface area contributed by atoms with Gasteiger partial charge in [0, 0.05) is 0 Å². The lowest BCUT2D eigenvalue weighted by Gasteiger charge is -1.65. The zero-order chi connectivity index (χ0) is 11.4. The zero-order valence-corrected chi connectivity index (χ0v) is 8.99. The fourth-order valence-electron chi connectivity index (χ4n) is 0.374. The van der Waals surface area contributed by atoms with Crippen LogP contribution < -0.4 is 0 Å². The minimum Gasteiger partial charge on any atom is -0.314 e. The minimum atomic E-state index is -1.77. The van der Waals surface area contributed by atoms with E-state index in [1.807, 2.05) is 0 Å². The second-order valence-electron chi connectivity index (χ2n) is 1.95. The minimum absolute atomic E-state index is 1.54. The van der Waals surface area contributed by atoms with E-state index in [4.69, 9.17) is 6.42 Å². The predicted octanol–water partition coefficient (Wildman–Crippen LogP) is 0.784. The fraction of sp³-hybridized carbons (Fsp3) is 0.0769. The van der Waals surface area contributed by atoms with Crippen LogP contribution in [-0.2, 0) is 4.57 Å². The van der Waals surface area contributed by atoms with Gasteiger partial charge in [0.25, 0.3) is 0 Å². The van der Waals surface area contributed by atoms with Gasteiger partial charge in [-0.15, -0.1) is 6.42 Å². The van der Waals surface area contributed by atoms with E-state index in [2.05, 4.69) is 64.9 Å². The van der Waals surface area contributed by atoms with Crippen molar-refractivity contribution in [2.45, 2.75) is 0 Å². The van der Waals surface area contributed by atoms with Gasteiger partial charge in [-0.3, -0.25) is 0 Å². The molecule has 0 bridgehead atoms. The van der Waals surface area contributed by atoms with E-state index in [1.54, 1.807) is 6.66 Å². The summed E-state index contributed by atoms with van der Waals surface area (Å²) in [5, 5.41) is 0. The Balaban J connectivity index is 4.24. The molecule has 0 spiro atoms. The summed E-state index contributed by atoms with van der Waals surface area (Å²) in [6.07, 6.45) is 4.86. The summed E-state index contributed by atoms with van der Waals surface area (Å²) in [5.74, 6) is 23.8. The highest BCUT2D eigenvalue weighted by Crippen LogP contribution is 2.07. The summed E-state index contributed by atoms with van der Waals surface area (Å²) in [5.41, 5.74) is 2.44. The molecule has 1 nitrogen and oxygen atoms in total. The van der Waals surface area contributed by atoms with Gasteiger partial charge >= 0.3 is 0 Å². The highest BCUT2D eigenvalue weighted by molar-refractivity contribution is 7.49. The highest BCUT2D eigenvalue weighted by Gasteiger charge is 1.70. The normalized spacial score (nSPS) is 6.93. The molecule has 0 heterocycles. The van der Waals surface area contributed by atoms with Crippen LogP contribution in [0.3, 0.4) is 0 Å². The third-order valence-electron chi connectivity index (χ3n) is 0.811. The highest BCUT2D eigenvalue weighted by atomic mass is 31.1. The molecule has 0 N–H and O–H groups in total. The molecule has 0 aromatic heterocycles. The van der Waals surface area contributed by atoms with Gasteiger partial charge in [-0.1, -0.05) is 0 Å². The van der Waals surface area contributed by atoms with Crippen molar-refractivity contribution < 1.29 is 4.57 Å². The van der Waals surface area contributed by atoms with Gasteiger partial charge in [0.2, 0.25) is 0 Å². The van der Waals surface area contributed by atoms with Gasteiger partial charge in [-0.2, -0.15) is 0 Å². The van der Waals surface area contributed by atoms with Crippen LogP contribution >= 0.6 is 7.80 Å². The van der Waals surface area contributed by atoms with Crippen LogP contribution in [0.4, 0.5) is 0 Å². The van der Waals surface area contributed by atoms with Gasteiger partial charge in [0.1, 0.15) is 7.80 Å². The third-order valence-corrected chi connectivity index (χ3v) is 1.29. The Morgan fingerprint density at radius 1 is 0.800 bits per heavy atom.